The minimum absolute atomic E-state index is 0.116. The van der Waals surface area contributed by atoms with Crippen molar-refractivity contribution in [1.29, 1.82) is 0 Å². The van der Waals surface area contributed by atoms with E-state index in [-0.39, 0.29) is 5.91 Å². The van der Waals surface area contributed by atoms with Gasteiger partial charge in [0.05, 0.1) is 27.7 Å². The Hall–Kier alpha value is -3.27. The molecule has 2 heterocycles. The largest absolute Gasteiger partial charge is 0.493 e. The highest BCUT2D eigenvalue weighted by Gasteiger charge is 2.10. The second-order valence-electron chi connectivity index (χ2n) is 6.71. The molecule has 0 aliphatic carbocycles. The van der Waals surface area contributed by atoms with Crippen LogP contribution in [0.15, 0.2) is 54.6 Å². The SMILES string of the molecule is CC(=O)Nc1cccc(OCCCNCc2cccc(-c3ccc(C(=O)NO)s3)n2)c1. The fraction of sp³-hybridized carbons (Fsp3) is 0.227. The molecule has 8 nitrogen and oxygen atoms in total. The Morgan fingerprint density at radius 1 is 1.13 bits per heavy atom. The number of pyridine rings is 1. The van der Waals surface area contributed by atoms with Gasteiger partial charge >= 0.3 is 0 Å². The Morgan fingerprint density at radius 2 is 1.97 bits per heavy atom. The van der Waals surface area contributed by atoms with E-state index < -0.39 is 5.91 Å². The summed E-state index contributed by atoms with van der Waals surface area (Å²) in [4.78, 5) is 28.5. The van der Waals surface area contributed by atoms with Crippen LogP contribution in [0, 0.1) is 0 Å². The molecule has 162 valence electrons. The molecule has 0 aliphatic rings. The van der Waals surface area contributed by atoms with Crippen molar-refractivity contribution >= 4 is 28.8 Å². The molecular formula is C22H24N4O4S. The van der Waals surface area contributed by atoms with Crippen molar-refractivity contribution < 1.29 is 19.5 Å². The van der Waals surface area contributed by atoms with Crippen LogP contribution in [0.2, 0.25) is 0 Å². The van der Waals surface area contributed by atoms with E-state index in [1.807, 2.05) is 42.5 Å². The molecule has 2 amide bonds. The van der Waals surface area contributed by atoms with Crippen LogP contribution in [0.1, 0.15) is 28.7 Å². The monoisotopic (exact) mass is 440 g/mol. The minimum Gasteiger partial charge on any atom is -0.493 e. The van der Waals surface area contributed by atoms with E-state index >= 15 is 0 Å². The summed E-state index contributed by atoms with van der Waals surface area (Å²) in [5.74, 6) is 0.0677. The molecule has 3 aromatic rings. The number of rotatable bonds is 10. The molecule has 1 aromatic carbocycles. The normalized spacial score (nSPS) is 10.5. The highest BCUT2D eigenvalue weighted by molar-refractivity contribution is 7.17. The summed E-state index contributed by atoms with van der Waals surface area (Å²) >= 11 is 1.27. The van der Waals surface area contributed by atoms with Gasteiger partial charge in [-0.2, -0.15) is 0 Å². The molecule has 0 radical (unpaired) electrons. The number of nitrogens with one attached hydrogen (secondary N) is 3. The minimum atomic E-state index is -0.530. The summed E-state index contributed by atoms with van der Waals surface area (Å²) < 4.78 is 5.73. The molecule has 0 unspecified atom stereocenters. The van der Waals surface area contributed by atoms with E-state index in [0.29, 0.717) is 29.5 Å². The molecule has 0 atom stereocenters. The third-order valence-electron chi connectivity index (χ3n) is 4.22. The lowest BCUT2D eigenvalue weighted by Gasteiger charge is -2.09. The molecule has 0 bridgehead atoms. The van der Waals surface area contributed by atoms with Crippen molar-refractivity contribution in [3.05, 3.63) is 65.2 Å². The molecule has 9 heteroatoms. The number of nitrogens with zero attached hydrogens (tertiary/aromatic N) is 1. The first kappa shape index (κ1) is 22.4. The van der Waals surface area contributed by atoms with Gasteiger partial charge in [-0.1, -0.05) is 12.1 Å². The topological polar surface area (TPSA) is 113 Å². The van der Waals surface area contributed by atoms with Crippen LogP contribution in [-0.2, 0) is 11.3 Å². The van der Waals surface area contributed by atoms with Gasteiger partial charge in [-0.25, -0.2) is 5.48 Å². The fourth-order valence-corrected chi connectivity index (χ4v) is 3.70. The van der Waals surface area contributed by atoms with Crippen LogP contribution < -0.4 is 20.9 Å². The number of ether oxygens (including phenoxy) is 1. The van der Waals surface area contributed by atoms with Crippen molar-refractivity contribution in [3.63, 3.8) is 0 Å². The number of hydrogen-bond donors (Lipinski definition) is 4. The van der Waals surface area contributed by atoms with Crippen LogP contribution in [-0.4, -0.2) is 35.2 Å². The zero-order chi connectivity index (χ0) is 22.1. The number of carbonyl (C=O) groups is 2. The molecule has 3 rings (SSSR count). The molecular weight excluding hydrogens is 416 g/mol. The third kappa shape index (κ3) is 6.88. The van der Waals surface area contributed by atoms with E-state index in [4.69, 9.17) is 9.94 Å². The average molecular weight is 441 g/mol. The zero-order valence-corrected chi connectivity index (χ0v) is 17.9. The van der Waals surface area contributed by atoms with Crippen LogP contribution in [0.5, 0.6) is 5.75 Å². The molecule has 31 heavy (non-hydrogen) atoms. The smallest absolute Gasteiger partial charge is 0.284 e. The maximum atomic E-state index is 11.5. The van der Waals surface area contributed by atoms with Gasteiger partial charge in [-0.3, -0.25) is 19.8 Å². The second kappa shape index (κ2) is 11.2. The standard InChI is InChI=1S/C22H24N4O4S/c1-15(27)24-16-5-2-7-18(13-16)30-12-4-11-23-14-17-6-3-8-19(25-17)20-9-10-21(31-20)22(28)26-29/h2-3,5-10,13,23,29H,4,11-12,14H2,1H3,(H,24,27)(H,26,28). The number of carbonyl (C=O) groups excluding carboxylic acids is 2. The fourth-order valence-electron chi connectivity index (χ4n) is 2.84. The summed E-state index contributed by atoms with van der Waals surface area (Å²) in [6.45, 7) is 3.39. The molecule has 0 aliphatic heterocycles. The summed E-state index contributed by atoms with van der Waals surface area (Å²) in [7, 11) is 0. The maximum absolute atomic E-state index is 11.5. The van der Waals surface area contributed by atoms with E-state index in [2.05, 4.69) is 15.6 Å². The summed E-state index contributed by atoms with van der Waals surface area (Å²) in [5, 5.41) is 14.8. The number of thiophene rings is 1. The molecule has 0 fully saturated rings. The highest BCUT2D eigenvalue weighted by atomic mass is 32.1. The molecule has 0 saturated heterocycles. The van der Waals surface area contributed by atoms with Gasteiger partial charge in [-0.05, 0) is 49.4 Å². The van der Waals surface area contributed by atoms with Crippen molar-refractivity contribution in [2.75, 3.05) is 18.5 Å². The Balaban J connectivity index is 1.42. The molecule has 0 spiro atoms. The summed E-state index contributed by atoms with van der Waals surface area (Å²) in [6, 6.07) is 16.5. The van der Waals surface area contributed by atoms with Crippen LogP contribution >= 0.6 is 11.3 Å². The molecule has 0 saturated carbocycles. The lowest BCUT2D eigenvalue weighted by Crippen LogP contribution is -2.17. The molecule has 2 aromatic heterocycles. The van der Waals surface area contributed by atoms with E-state index in [0.717, 1.165) is 29.2 Å². The third-order valence-corrected chi connectivity index (χ3v) is 5.32. The Kier molecular flexibility index (Phi) is 8.11. The van der Waals surface area contributed by atoms with Gasteiger partial charge in [0, 0.05) is 25.2 Å². The van der Waals surface area contributed by atoms with Crippen molar-refractivity contribution in [2.45, 2.75) is 19.9 Å². The first-order valence-electron chi connectivity index (χ1n) is 9.77. The first-order valence-corrected chi connectivity index (χ1v) is 10.6. The van der Waals surface area contributed by atoms with E-state index in [9.17, 15) is 9.59 Å². The van der Waals surface area contributed by atoms with Gasteiger partial charge in [0.1, 0.15) is 5.75 Å². The van der Waals surface area contributed by atoms with Gasteiger partial charge in [0.15, 0.2) is 0 Å². The summed E-state index contributed by atoms with van der Waals surface area (Å²) in [5.41, 5.74) is 4.02. The maximum Gasteiger partial charge on any atom is 0.284 e. The van der Waals surface area contributed by atoms with Crippen LogP contribution in [0.4, 0.5) is 5.69 Å². The Labute approximate surface area is 184 Å². The number of amides is 2. The van der Waals surface area contributed by atoms with E-state index in [1.165, 1.54) is 18.3 Å². The zero-order valence-electron chi connectivity index (χ0n) is 17.1. The van der Waals surface area contributed by atoms with Crippen molar-refractivity contribution in [3.8, 4) is 16.3 Å². The Bertz CT molecular complexity index is 1040. The predicted molar refractivity (Wildman–Crippen MR) is 119 cm³/mol. The molecule has 4 N–H and O–H groups in total. The van der Waals surface area contributed by atoms with Gasteiger partial charge < -0.3 is 15.4 Å². The lowest BCUT2D eigenvalue weighted by molar-refractivity contribution is -0.114. The number of aromatic nitrogens is 1. The number of hydrogen-bond acceptors (Lipinski definition) is 7. The van der Waals surface area contributed by atoms with E-state index in [1.54, 1.807) is 17.6 Å². The highest BCUT2D eigenvalue weighted by Crippen LogP contribution is 2.26. The lowest BCUT2D eigenvalue weighted by atomic mass is 10.2. The number of benzene rings is 1. The van der Waals surface area contributed by atoms with Gasteiger partial charge in [0.2, 0.25) is 5.91 Å². The van der Waals surface area contributed by atoms with Crippen LogP contribution in [0.3, 0.4) is 0 Å². The van der Waals surface area contributed by atoms with Crippen LogP contribution in [0.25, 0.3) is 10.6 Å². The number of anilines is 1. The average Bonchev–Trinajstić information content (AvgIpc) is 3.26. The second-order valence-corrected chi connectivity index (χ2v) is 7.79. The Morgan fingerprint density at radius 3 is 2.77 bits per heavy atom. The van der Waals surface area contributed by atoms with Gasteiger partial charge in [0.25, 0.3) is 5.91 Å². The predicted octanol–water partition coefficient (Wildman–Crippen LogP) is 3.45. The quantitative estimate of drug-likeness (QED) is 0.218. The summed E-state index contributed by atoms with van der Waals surface area (Å²) in [6.07, 6.45) is 0.814. The van der Waals surface area contributed by atoms with Gasteiger partial charge in [-0.15, -0.1) is 11.3 Å². The van der Waals surface area contributed by atoms with Crippen molar-refractivity contribution in [1.82, 2.24) is 15.8 Å². The first-order chi connectivity index (χ1) is 15.0. The van der Waals surface area contributed by atoms with Crippen molar-refractivity contribution in [2.24, 2.45) is 0 Å². The number of hydroxylamine groups is 1.